The minimum absolute atomic E-state index is 0.0704. The molecule has 0 radical (unpaired) electrons. The number of anilines is 1. The molecule has 1 amide bonds. The number of carbonyl (C=O) groups excluding carboxylic acids is 1. The Balaban J connectivity index is 1.85. The number of methoxy groups -OCH3 is 2. The van der Waals surface area contributed by atoms with Crippen LogP contribution in [0, 0.1) is 0 Å². The lowest BCUT2D eigenvalue weighted by Crippen LogP contribution is -2.36. The van der Waals surface area contributed by atoms with Gasteiger partial charge in [-0.15, -0.1) is 0 Å². The Morgan fingerprint density at radius 1 is 1.48 bits per heavy atom. The third-order valence-electron chi connectivity index (χ3n) is 3.51. The molecule has 0 saturated carbocycles. The van der Waals surface area contributed by atoms with Crippen molar-refractivity contribution in [1.29, 1.82) is 0 Å². The highest BCUT2D eigenvalue weighted by molar-refractivity contribution is 5.92. The molecule has 0 spiro atoms. The summed E-state index contributed by atoms with van der Waals surface area (Å²) in [5, 5.41) is 2.79. The molecule has 1 atom stereocenters. The number of hydrogen-bond acceptors (Lipinski definition) is 4. The molecule has 0 aliphatic carbocycles. The van der Waals surface area contributed by atoms with Crippen LogP contribution in [0.2, 0.25) is 0 Å². The summed E-state index contributed by atoms with van der Waals surface area (Å²) in [7, 11) is 3.06. The number of benzene rings is 1. The zero-order valence-corrected chi connectivity index (χ0v) is 12.4. The molecule has 1 fully saturated rings. The average molecular weight is 296 g/mol. The van der Waals surface area contributed by atoms with E-state index in [4.69, 9.17) is 9.47 Å². The number of rotatable bonds is 6. The molecule has 116 valence electrons. The lowest BCUT2D eigenvalue weighted by Gasteiger charge is -2.19. The smallest absolute Gasteiger partial charge is 0.238 e. The van der Waals surface area contributed by atoms with Gasteiger partial charge in [0.1, 0.15) is 11.4 Å². The minimum Gasteiger partial charge on any atom is -0.497 e. The summed E-state index contributed by atoms with van der Waals surface area (Å²) in [4.78, 5) is 13.8. The van der Waals surface area contributed by atoms with Gasteiger partial charge in [-0.25, -0.2) is 4.39 Å². The average Bonchev–Trinajstić information content (AvgIpc) is 2.80. The molecule has 1 aromatic carbocycles. The highest BCUT2D eigenvalue weighted by Crippen LogP contribution is 2.25. The van der Waals surface area contributed by atoms with Crippen molar-refractivity contribution in [3.8, 4) is 5.75 Å². The van der Waals surface area contributed by atoms with Crippen molar-refractivity contribution >= 4 is 11.6 Å². The van der Waals surface area contributed by atoms with Crippen molar-refractivity contribution in [1.82, 2.24) is 4.90 Å². The third-order valence-corrected chi connectivity index (χ3v) is 3.51. The van der Waals surface area contributed by atoms with Crippen molar-refractivity contribution in [2.45, 2.75) is 12.1 Å². The van der Waals surface area contributed by atoms with Gasteiger partial charge in [0.2, 0.25) is 5.91 Å². The van der Waals surface area contributed by atoms with Gasteiger partial charge in [-0.05, 0) is 18.6 Å². The Morgan fingerprint density at radius 2 is 2.29 bits per heavy atom. The van der Waals surface area contributed by atoms with Crippen LogP contribution in [-0.4, -0.2) is 56.9 Å². The van der Waals surface area contributed by atoms with Crippen molar-refractivity contribution in [2.24, 2.45) is 0 Å². The van der Waals surface area contributed by atoms with Gasteiger partial charge < -0.3 is 14.8 Å². The highest BCUT2D eigenvalue weighted by atomic mass is 19.1. The molecular formula is C15H21FN2O3. The van der Waals surface area contributed by atoms with Crippen LogP contribution in [-0.2, 0) is 9.53 Å². The molecule has 1 unspecified atom stereocenters. The maximum atomic E-state index is 14.2. The van der Waals surface area contributed by atoms with E-state index in [0.717, 1.165) is 0 Å². The minimum atomic E-state index is -1.34. The van der Waals surface area contributed by atoms with Gasteiger partial charge >= 0.3 is 0 Å². The summed E-state index contributed by atoms with van der Waals surface area (Å²) in [6, 6.07) is 7.13. The highest BCUT2D eigenvalue weighted by Gasteiger charge is 2.38. The number of ether oxygens (including phenoxy) is 2. The van der Waals surface area contributed by atoms with Crippen LogP contribution in [0.3, 0.4) is 0 Å². The predicted molar refractivity (Wildman–Crippen MR) is 78.4 cm³/mol. The van der Waals surface area contributed by atoms with E-state index < -0.39 is 5.67 Å². The number of alkyl halides is 1. The maximum Gasteiger partial charge on any atom is 0.238 e. The van der Waals surface area contributed by atoms with E-state index in [1.807, 2.05) is 0 Å². The molecule has 1 aromatic rings. The molecule has 5 nitrogen and oxygen atoms in total. The SMILES string of the molecule is COCC1(F)CCN(CC(=O)Nc2cccc(OC)c2)C1. The van der Waals surface area contributed by atoms with Gasteiger partial charge in [0, 0.05) is 32.0 Å². The Kier molecular flexibility index (Phi) is 5.14. The van der Waals surface area contributed by atoms with Gasteiger partial charge in [-0.3, -0.25) is 9.69 Å². The summed E-state index contributed by atoms with van der Waals surface area (Å²) in [5.74, 6) is 0.516. The Hall–Kier alpha value is -1.66. The third kappa shape index (κ3) is 4.41. The van der Waals surface area contributed by atoms with Gasteiger partial charge in [0.15, 0.2) is 0 Å². The molecule has 2 rings (SSSR count). The Labute approximate surface area is 124 Å². The Morgan fingerprint density at radius 3 is 3.00 bits per heavy atom. The molecule has 1 N–H and O–H groups in total. The molecule has 0 bridgehead atoms. The van der Waals surface area contributed by atoms with Crippen LogP contribution in [0.1, 0.15) is 6.42 Å². The van der Waals surface area contributed by atoms with Crippen LogP contribution in [0.4, 0.5) is 10.1 Å². The topological polar surface area (TPSA) is 50.8 Å². The van der Waals surface area contributed by atoms with Crippen molar-refractivity contribution in [3.63, 3.8) is 0 Å². The fourth-order valence-corrected chi connectivity index (χ4v) is 2.53. The van der Waals surface area contributed by atoms with Gasteiger partial charge in [-0.1, -0.05) is 6.07 Å². The monoisotopic (exact) mass is 296 g/mol. The number of likely N-dealkylation sites (tertiary alicyclic amines) is 1. The summed E-state index contributed by atoms with van der Waals surface area (Å²) in [6.45, 7) is 1.03. The summed E-state index contributed by atoms with van der Waals surface area (Å²) in [5.41, 5.74) is -0.674. The fraction of sp³-hybridized carbons (Fsp3) is 0.533. The normalized spacial score (nSPS) is 22.2. The second-order valence-electron chi connectivity index (χ2n) is 5.32. The molecule has 21 heavy (non-hydrogen) atoms. The van der Waals surface area contributed by atoms with Crippen molar-refractivity contribution in [2.75, 3.05) is 45.8 Å². The van der Waals surface area contributed by atoms with E-state index in [1.165, 1.54) is 7.11 Å². The van der Waals surface area contributed by atoms with Crippen LogP contribution < -0.4 is 10.1 Å². The first-order valence-electron chi connectivity index (χ1n) is 6.89. The first-order valence-corrected chi connectivity index (χ1v) is 6.89. The molecule has 1 heterocycles. The van der Waals surface area contributed by atoms with E-state index >= 15 is 0 Å². The number of nitrogens with zero attached hydrogens (tertiary/aromatic N) is 1. The predicted octanol–water partition coefficient (Wildman–Crippen LogP) is 1.69. The molecule has 1 saturated heterocycles. The number of amides is 1. The van der Waals surface area contributed by atoms with Crippen LogP contribution >= 0.6 is 0 Å². The van der Waals surface area contributed by atoms with Crippen molar-refractivity contribution < 1.29 is 18.7 Å². The molecular weight excluding hydrogens is 275 g/mol. The van der Waals surface area contributed by atoms with Crippen LogP contribution in [0.15, 0.2) is 24.3 Å². The molecule has 6 heteroatoms. The second kappa shape index (κ2) is 6.87. The second-order valence-corrected chi connectivity index (χ2v) is 5.32. The zero-order chi connectivity index (χ0) is 15.3. The largest absolute Gasteiger partial charge is 0.497 e. The molecule has 0 aromatic heterocycles. The fourth-order valence-electron chi connectivity index (χ4n) is 2.53. The van der Waals surface area contributed by atoms with Gasteiger partial charge in [-0.2, -0.15) is 0 Å². The quantitative estimate of drug-likeness (QED) is 0.868. The Bertz CT molecular complexity index is 498. The van der Waals surface area contributed by atoms with E-state index in [9.17, 15) is 9.18 Å². The summed E-state index contributed by atoms with van der Waals surface area (Å²) in [6.07, 6.45) is 0.396. The van der Waals surface area contributed by atoms with E-state index in [-0.39, 0.29) is 25.6 Å². The van der Waals surface area contributed by atoms with Crippen LogP contribution in [0.25, 0.3) is 0 Å². The molecule has 1 aliphatic heterocycles. The standard InChI is InChI=1S/C15H21FN2O3/c1-20-11-15(16)6-7-18(10-15)9-14(19)17-12-4-3-5-13(8-12)21-2/h3-5,8H,6-7,9-11H2,1-2H3,(H,17,19). The van der Waals surface area contributed by atoms with E-state index in [0.29, 0.717) is 24.4 Å². The lowest BCUT2D eigenvalue weighted by molar-refractivity contribution is -0.117. The number of nitrogens with one attached hydrogen (secondary N) is 1. The number of carbonyl (C=O) groups is 1. The number of halogens is 1. The van der Waals surface area contributed by atoms with Gasteiger partial charge in [0.25, 0.3) is 0 Å². The first-order chi connectivity index (χ1) is 10.0. The first kappa shape index (κ1) is 15.7. The van der Waals surface area contributed by atoms with Crippen LogP contribution in [0.5, 0.6) is 5.75 Å². The maximum absolute atomic E-state index is 14.2. The number of hydrogen-bond donors (Lipinski definition) is 1. The molecule has 1 aliphatic rings. The summed E-state index contributed by atoms with van der Waals surface area (Å²) >= 11 is 0. The van der Waals surface area contributed by atoms with E-state index in [2.05, 4.69) is 5.32 Å². The summed E-state index contributed by atoms with van der Waals surface area (Å²) < 4.78 is 24.2. The zero-order valence-electron chi connectivity index (χ0n) is 12.4. The van der Waals surface area contributed by atoms with Crippen molar-refractivity contribution in [3.05, 3.63) is 24.3 Å². The lowest BCUT2D eigenvalue weighted by atomic mass is 10.1. The van der Waals surface area contributed by atoms with Gasteiger partial charge in [0.05, 0.1) is 20.3 Å². The van der Waals surface area contributed by atoms with E-state index in [1.54, 1.807) is 36.3 Å².